The second-order valence-electron chi connectivity index (χ2n) is 3.76. The summed E-state index contributed by atoms with van der Waals surface area (Å²) in [4.78, 5) is 17.2. The zero-order valence-corrected chi connectivity index (χ0v) is 11.8. The summed E-state index contributed by atoms with van der Waals surface area (Å²) in [6, 6.07) is 3.97. The highest BCUT2D eigenvalue weighted by molar-refractivity contribution is 8.00. The predicted molar refractivity (Wildman–Crippen MR) is 72.6 cm³/mol. The second-order valence-corrected chi connectivity index (χ2v) is 6.10. The number of carbonyl (C=O) groups excluding carboxylic acids is 1. The molecule has 96 valence electrons. The molecule has 0 aromatic carbocycles. The van der Waals surface area contributed by atoms with E-state index in [1.165, 1.54) is 11.8 Å². The van der Waals surface area contributed by atoms with Crippen molar-refractivity contribution in [1.82, 2.24) is 20.5 Å². The number of thioether (sulfide) groups is 1. The molecule has 5 nitrogen and oxygen atoms in total. The largest absolute Gasteiger partial charge is 0.350 e. The molecule has 0 radical (unpaired) electrons. The van der Waals surface area contributed by atoms with Crippen LogP contribution in [0.2, 0.25) is 0 Å². The molecule has 0 saturated heterocycles. The maximum Gasteiger partial charge on any atom is 0.233 e. The Hall–Kier alpha value is -1.34. The normalized spacial score (nSPS) is 12.3. The first-order valence-electron chi connectivity index (χ1n) is 5.51. The van der Waals surface area contributed by atoms with Crippen LogP contribution in [-0.2, 0) is 11.3 Å². The highest BCUT2D eigenvalue weighted by atomic mass is 32.2. The zero-order chi connectivity index (χ0) is 13.0. The Balaban J connectivity index is 1.81. The van der Waals surface area contributed by atoms with E-state index in [1.807, 2.05) is 31.4 Å². The van der Waals surface area contributed by atoms with Crippen LogP contribution >= 0.6 is 23.1 Å². The topological polar surface area (TPSA) is 70.7 Å². The van der Waals surface area contributed by atoms with Gasteiger partial charge in [0.25, 0.3) is 0 Å². The smallest absolute Gasteiger partial charge is 0.233 e. The number of amides is 1. The van der Waals surface area contributed by atoms with Crippen LogP contribution in [0.5, 0.6) is 0 Å². The quantitative estimate of drug-likeness (QED) is 0.823. The lowest BCUT2D eigenvalue weighted by molar-refractivity contribution is -0.120. The van der Waals surface area contributed by atoms with Gasteiger partial charge in [-0.05, 0) is 25.3 Å². The van der Waals surface area contributed by atoms with E-state index in [-0.39, 0.29) is 11.2 Å². The Kier molecular flexibility index (Phi) is 4.38. The lowest BCUT2D eigenvalue weighted by atomic mass is 10.4. The Bertz CT molecular complexity index is 509. The maximum absolute atomic E-state index is 11.9. The Morgan fingerprint density at radius 1 is 1.67 bits per heavy atom. The van der Waals surface area contributed by atoms with E-state index < -0.39 is 0 Å². The Morgan fingerprint density at radius 3 is 3.11 bits per heavy atom. The van der Waals surface area contributed by atoms with E-state index in [0.29, 0.717) is 11.7 Å². The molecule has 1 amide bonds. The molecule has 0 spiro atoms. The highest BCUT2D eigenvalue weighted by Gasteiger charge is 2.16. The van der Waals surface area contributed by atoms with Gasteiger partial charge in [-0.3, -0.25) is 9.89 Å². The summed E-state index contributed by atoms with van der Waals surface area (Å²) in [7, 11) is 0. The molecule has 2 aromatic rings. The van der Waals surface area contributed by atoms with Crippen molar-refractivity contribution >= 4 is 29.0 Å². The lowest BCUT2D eigenvalue weighted by Crippen LogP contribution is -2.30. The molecule has 2 heterocycles. The van der Waals surface area contributed by atoms with Gasteiger partial charge in [-0.2, -0.15) is 0 Å². The third-order valence-corrected chi connectivity index (χ3v) is 4.08. The number of hydrogen-bond donors (Lipinski definition) is 2. The van der Waals surface area contributed by atoms with Crippen molar-refractivity contribution in [3.63, 3.8) is 0 Å². The predicted octanol–water partition coefficient (Wildman–Crippen LogP) is 1.97. The second kappa shape index (κ2) is 6.01. The lowest BCUT2D eigenvalue weighted by Gasteiger charge is -2.09. The highest BCUT2D eigenvalue weighted by Crippen LogP contribution is 2.19. The number of aromatic amines is 1. The summed E-state index contributed by atoms with van der Waals surface area (Å²) in [6.07, 6.45) is 0. The fourth-order valence-electron chi connectivity index (χ4n) is 1.32. The average molecular weight is 282 g/mol. The SMILES string of the molecule is Cc1nc(S[C@H](C)C(=O)NCc2cccs2)n[nH]1. The summed E-state index contributed by atoms with van der Waals surface area (Å²) in [5.74, 6) is 0.750. The van der Waals surface area contributed by atoms with Gasteiger partial charge >= 0.3 is 0 Å². The van der Waals surface area contributed by atoms with E-state index in [1.54, 1.807) is 11.3 Å². The summed E-state index contributed by atoms with van der Waals surface area (Å²) in [5, 5.41) is 12.0. The first-order valence-corrected chi connectivity index (χ1v) is 7.27. The van der Waals surface area contributed by atoms with Crippen molar-refractivity contribution in [1.29, 1.82) is 0 Å². The maximum atomic E-state index is 11.9. The van der Waals surface area contributed by atoms with Crippen LogP contribution in [0.4, 0.5) is 0 Å². The molecule has 7 heteroatoms. The van der Waals surface area contributed by atoms with Gasteiger partial charge in [-0.15, -0.1) is 16.4 Å². The fourth-order valence-corrected chi connectivity index (χ4v) is 2.76. The summed E-state index contributed by atoms with van der Waals surface area (Å²) in [6.45, 7) is 4.26. The number of nitrogens with one attached hydrogen (secondary N) is 2. The van der Waals surface area contributed by atoms with Gasteiger partial charge in [0.15, 0.2) is 0 Å². The van der Waals surface area contributed by atoms with Crippen LogP contribution in [0.3, 0.4) is 0 Å². The van der Waals surface area contributed by atoms with E-state index >= 15 is 0 Å². The fraction of sp³-hybridized carbons (Fsp3) is 0.364. The third-order valence-electron chi connectivity index (χ3n) is 2.25. The minimum atomic E-state index is -0.208. The molecule has 2 N–H and O–H groups in total. The van der Waals surface area contributed by atoms with Crippen LogP contribution in [0, 0.1) is 6.92 Å². The van der Waals surface area contributed by atoms with E-state index in [2.05, 4.69) is 20.5 Å². The molecule has 0 bridgehead atoms. The molecule has 2 rings (SSSR count). The number of hydrogen-bond acceptors (Lipinski definition) is 5. The monoisotopic (exact) mass is 282 g/mol. The molecule has 0 aliphatic carbocycles. The van der Waals surface area contributed by atoms with Crippen molar-refractivity contribution in [3.8, 4) is 0 Å². The molecule has 0 fully saturated rings. The van der Waals surface area contributed by atoms with Crippen molar-refractivity contribution in [2.24, 2.45) is 0 Å². The van der Waals surface area contributed by atoms with Gasteiger partial charge in [0.05, 0.1) is 11.8 Å². The van der Waals surface area contributed by atoms with Crippen LogP contribution in [0.15, 0.2) is 22.7 Å². The van der Waals surface area contributed by atoms with Crippen molar-refractivity contribution in [2.45, 2.75) is 30.8 Å². The van der Waals surface area contributed by atoms with Crippen LogP contribution in [0.25, 0.3) is 0 Å². The minimum absolute atomic E-state index is 0.00384. The molecular weight excluding hydrogens is 268 g/mol. The summed E-state index contributed by atoms with van der Waals surface area (Å²) < 4.78 is 0. The van der Waals surface area contributed by atoms with Crippen molar-refractivity contribution in [2.75, 3.05) is 0 Å². The van der Waals surface area contributed by atoms with Crippen molar-refractivity contribution in [3.05, 3.63) is 28.2 Å². The number of aryl methyl sites for hydroxylation is 1. The van der Waals surface area contributed by atoms with Gasteiger partial charge < -0.3 is 5.32 Å². The zero-order valence-electron chi connectivity index (χ0n) is 10.1. The van der Waals surface area contributed by atoms with Gasteiger partial charge in [0.1, 0.15) is 5.82 Å². The molecule has 0 aliphatic heterocycles. The number of aromatic nitrogens is 3. The first-order chi connectivity index (χ1) is 8.65. The van der Waals surface area contributed by atoms with E-state index in [9.17, 15) is 4.79 Å². The number of nitrogens with zero attached hydrogens (tertiary/aromatic N) is 2. The van der Waals surface area contributed by atoms with Crippen LogP contribution < -0.4 is 5.32 Å². The Labute approximate surface area is 113 Å². The first kappa shape index (κ1) is 13.1. The summed E-state index contributed by atoms with van der Waals surface area (Å²) in [5.41, 5.74) is 0. The average Bonchev–Trinajstić information content (AvgIpc) is 2.97. The van der Waals surface area contributed by atoms with E-state index in [4.69, 9.17) is 0 Å². The van der Waals surface area contributed by atoms with Gasteiger partial charge in [-0.25, -0.2) is 4.98 Å². The van der Waals surface area contributed by atoms with Crippen LogP contribution in [-0.4, -0.2) is 26.3 Å². The molecule has 18 heavy (non-hydrogen) atoms. The van der Waals surface area contributed by atoms with E-state index in [0.717, 1.165) is 10.7 Å². The number of rotatable bonds is 5. The minimum Gasteiger partial charge on any atom is -0.350 e. The molecule has 1 atom stereocenters. The number of carbonyl (C=O) groups is 1. The van der Waals surface area contributed by atoms with Crippen LogP contribution in [0.1, 0.15) is 17.6 Å². The molecule has 0 saturated carbocycles. The number of H-pyrrole nitrogens is 1. The molecule has 0 aliphatic rings. The Morgan fingerprint density at radius 2 is 2.50 bits per heavy atom. The molecule has 2 aromatic heterocycles. The third kappa shape index (κ3) is 3.58. The summed E-state index contributed by atoms with van der Waals surface area (Å²) >= 11 is 2.98. The van der Waals surface area contributed by atoms with Gasteiger partial charge in [-0.1, -0.05) is 17.8 Å². The molecule has 0 unspecified atom stereocenters. The van der Waals surface area contributed by atoms with Gasteiger partial charge in [0.2, 0.25) is 11.1 Å². The van der Waals surface area contributed by atoms with Crippen molar-refractivity contribution < 1.29 is 4.79 Å². The van der Waals surface area contributed by atoms with Gasteiger partial charge in [0, 0.05) is 4.88 Å². The standard InChI is InChI=1S/C11H14N4OS2/c1-7(18-11-13-8(2)14-15-11)10(16)12-6-9-4-3-5-17-9/h3-5,7H,6H2,1-2H3,(H,12,16)(H,13,14,15)/t7-/m1/s1. The molecular formula is C11H14N4OS2. The number of thiophene rings is 1.